The van der Waals surface area contributed by atoms with Gasteiger partial charge in [0.1, 0.15) is 0 Å². The van der Waals surface area contributed by atoms with Crippen molar-refractivity contribution < 1.29 is 4.74 Å². The number of rotatable bonds is 8. The van der Waals surface area contributed by atoms with Gasteiger partial charge < -0.3 is 15.8 Å². The molecule has 0 aliphatic carbocycles. The van der Waals surface area contributed by atoms with Crippen LogP contribution in [0.5, 0.6) is 0 Å². The van der Waals surface area contributed by atoms with E-state index < -0.39 is 0 Å². The van der Waals surface area contributed by atoms with Gasteiger partial charge in [-0.1, -0.05) is 13.8 Å². The smallest absolute Gasteiger partial charge is 0.0467 e. The van der Waals surface area contributed by atoms with Crippen molar-refractivity contribution in [1.82, 2.24) is 5.32 Å². The molecule has 0 heterocycles. The first kappa shape index (κ1) is 13.9. The van der Waals surface area contributed by atoms with E-state index in [1.807, 2.05) is 6.92 Å². The lowest BCUT2D eigenvalue weighted by Gasteiger charge is -2.24. The zero-order valence-electron chi connectivity index (χ0n) is 10.1. The molecule has 86 valence electrons. The maximum atomic E-state index is 5.66. The summed E-state index contributed by atoms with van der Waals surface area (Å²) in [6.07, 6.45) is 2.13. The van der Waals surface area contributed by atoms with Crippen molar-refractivity contribution in [3.05, 3.63) is 0 Å². The van der Waals surface area contributed by atoms with E-state index in [0.717, 1.165) is 32.5 Å². The minimum absolute atomic E-state index is 0.296. The molecule has 0 aromatic heterocycles. The molecule has 3 nitrogen and oxygen atoms in total. The van der Waals surface area contributed by atoms with Gasteiger partial charge in [0.25, 0.3) is 0 Å². The van der Waals surface area contributed by atoms with Gasteiger partial charge in [-0.15, -0.1) is 0 Å². The summed E-state index contributed by atoms with van der Waals surface area (Å²) in [5, 5.41) is 3.43. The van der Waals surface area contributed by atoms with Crippen LogP contribution in [-0.4, -0.2) is 32.8 Å². The lowest BCUT2D eigenvalue weighted by Crippen LogP contribution is -2.33. The van der Waals surface area contributed by atoms with Crippen LogP contribution in [-0.2, 0) is 4.74 Å². The fourth-order valence-corrected chi connectivity index (χ4v) is 1.22. The van der Waals surface area contributed by atoms with Crippen LogP contribution in [0, 0.1) is 5.41 Å². The van der Waals surface area contributed by atoms with E-state index in [9.17, 15) is 0 Å². The molecule has 0 spiro atoms. The Morgan fingerprint density at radius 3 is 2.57 bits per heavy atom. The van der Waals surface area contributed by atoms with Crippen molar-refractivity contribution in [2.45, 2.75) is 39.7 Å². The van der Waals surface area contributed by atoms with Gasteiger partial charge in [-0.25, -0.2) is 0 Å². The van der Waals surface area contributed by atoms with Crippen LogP contribution in [0.2, 0.25) is 0 Å². The number of nitrogens with two attached hydrogens (primary N) is 1. The van der Waals surface area contributed by atoms with Crippen molar-refractivity contribution in [3.63, 3.8) is 0 Å². The summed E-state index contributed by atoms with van der Waals surface area (Å²) in [4.78, 5) is 0. The summed E-state index contributed by atoms with van der Waals surface area (Å²) < 4.78 is 5.07. The first-order valence-corrected chi connectivity index (χ1v) is 5.43. The zero-order chi connectivity index (χ0) is 11.0. The Kier molecular flexibility index (Phi) is 7.15. The summed E-state index contributed by atoms with van der Waals surface area (Å²) in [5.41, 5.74) is 5.98. The van der Waals surface area contributed by atoms with Crippen LogP contribution in [0.15, 0.2) is 0 Å². The number of ether oxygens (including phenoxy) is 1. The highest BCUT2D eigenvalue weighted by Crippen LogP contribution is 2.18. The number of hydrogen-bond donors (Lipinski definition) is 2. The molecule has 3 N–H and O–H groups in total. The molecule has 0 aliphatic heterocycles. The molecule has 0 rings (SSSR count). The van der Waals surface area contributed by atoms with Crippen LogP contribution in [0.4, 0.5) is 0 Å². The maximum absolute atomic E-state index is 5.66. The molecule has 0 aromatic rings. The van der Waals surface area contributed by atoms with Gasteiger partial charge in [0, 0.05) is 26.3 Å². The number of methoxy groups -OCH3 is 1. The molecular weight excluding hydrogens is 176 g/mol. The quantitative estimate of drug-likeness (QED) is 0.585. The highest BCUT2D eigenvalue weighted by Gasteiger charge is 2.16. The molecule has 0 bridgehead atoms. The molecular formula is C11H26N2O. The Bertz CT molecular complexity index is 135. The molecule has 1 unspecified atom stereocenters. The third-order valence-electron chi connectivity index (χ3n) is 2.36. The molecule has 0 radical (unpaired) electrons. The monoisotopic (exact) mass is 202 g/mol. The van der Waals surface area contributed by atoms with Crippen molar-refractivity contribution in [2.75, 3.05) is 26.8 Å². The summed E-state index contributed by atoms with van der Waals surface area (Å²) >= 11 is 0. The minimum atomic E-state index is 0.296. The van der Waals surface area contributed by atoms with Gasteiger partial charge in [-0.05, 0) is 31.7 Å². The Labute approximate surface area is 88.4 Å². The van der Waals surface area contributed by atoms with E-state index in [-0.39, 0.29) is 0 Å². The van der Waals surface area contributed by atoms with E-state index in [4.69, 9.17) is 10.5 Å². The Balaban J connectivity index is 3.44. The first-order chi connectivity index (χ1) is 6.48. The molecule has 0 saturated carbocycles. The van der Waals surface area contributed by atoms with Crippen molar-refractivity contribution in [1.29, 1.82) is 0 Å². The third kappa shape index (κ3) is 8.48. The summed E-state index contributed by atoms with van der Waals surface area (Å²) in [6.45, 7) is 9.42. The second-order valence-electron chi connectivity index (χ2n) is 4.85. The van der Waals surface area contributed by atoms with Gasteiger partial charge >= 0.3 is 0 Å². The van der Waals surface area contributed by atoms with Gasteiger partial charge in [0.05, 0.1) is 0 Å². The average Bonchev–Trinajstić information content (AvgIpc) is 2.09. The van der Waals surface area contributed by atoms with Gasteiger partial charge in [-0.3, -0.25) is 0 Å². The number of nitrogens with one attached hydrogen (secondary N) is 1. The van der Waals surface area contributed by atoms with Crippen LogP contribution in [0.25, 0.3) is 0 Å². The lowest BCUT2D eigenvalue weighted by atomic mass is 9.90. The van der Waals surface area contributed by atoms with E-state index in [1.165, 1.54) is 0 Å². The SMILES string of the molecule is COCCC(C)(C)CNCCC(C)N. The summed E-state index contributed by atoms with van der Waals surface area (Å²) in [7, 11) is 1.75. The fourth-order valence-electron chi connectivity index (χ4n) is 1.22. The standard InChI is InChI=1S/C11H26N2O/c1-10(12)5-7-13-9-11(2,3)6-8-14-4/h10,13H,5-9,12H2,1-4H3. The molecule has 3 heteroatoms. The van der Waals surface area contributed by atoms with Crippen molar-refractivity contribution in [2.24, 2.45) is 11.1 Å². The van der Waals surface area contributed by atoms with E-state index >= 15 is 0 Å². The first-order valence-electron chi connectivity index (χ1n) is 5.43. The fraction of sp³-hybridized carbons (Fsp3) is 1.00. The Hall–Kier alpha value is -0.120. The van der Waals surface area contributed by atoms with Crippen LogP contribution < -0.4 is 11.1 Å². The lowest BCUT2D eigenvalue weighted by molar-refractivity contribution is 0.151. The highest BCUT2D eigenvalue weighted by molar-refractivity contribution is 4.71. The second-order valence-corrected chi connectivity index (χ2v) is 4.85. The van der Waals surface area contributed by atoms with Crippen LogP contribution >= 0.6 is 0 Å². The van der Waals surface area contributed by atoms with E-state index in [1.54, 1.807) is 7.11 Å². The Morgan fingerprint density at radius 1 is 1.43 bits per heavy atom. The van der Waals surface area contributed by atoms with E-state index in [2.05, 4.69) is 19.2 Å². The molecule has 0 aromatic carbocycles. The van der Waals surface area contributed by atoms with Crippen LogP contribution in [0.1, 0.15) is 33.6 Å². The molecule has 0 aliphatic rings. The molecule has 14 heavy (non-hydrogen) atoms. The van der Waals surface area contributed by atoms with Crippen molar-refractivity contribution >= 4 is 0 Å². The largest absolute Gasteiger partial charge is 0.385 e. The predicted octanol–water partition coefficient (Wildman–Crippen LogP) is 1.38. The molecule has 0 fully saturated rings. The summed E-state index contributed by atoms with van der Waals surface area (Å²) in [5.74, 6) is 0. The Morgan fingerprint density at radius 2 is 2.07 bits per heavy atom. The third-order valence-corrected chi connectivity index (χ3v) is 2.36. The maximum Gasteiger partial charge on any atom is 0.0467 e. The predicted molar refractivity (Wildman–Crippen MR) is 61.4 cm³/mol. The van der Waals surface area contributed by atoms with E-state index in [0.29, 0.717) is 11.5 Å². The zero-order valence-corrected chi connectivity index (χ0v) is 10.1. The topological polar surface area (TPSA) is 47.3 Å². The average molecular weight is 202 g/mol. The van der Waals surface area contributed by atoms with Gasteiger partial charge in [0.2, 0.25) is 0 Å². The normalized spacial score (nSPS) is 14.4. The molecule has 0 amide bonds. The second kappa shape index (κ2) is 7.21. The number of hydrogen-bond acceptors (Lipinski definition) is 3. The van der Waals surface area contributed by atoms with Crippen molar-refractivity contribution in [3.8, 4) is 0 Å². The summed E-state index contributed by atoms with van der Waals surface area (Å²) in [6, 6.07) is 0.296. The van der Waals surface area contributed by atoms with Crippen LogP contribution in [0.3, 0.4) is 0 Å². The molecule has 1 atom stereocenters. The highest BCUT2D eigenvalue weighted by atomic mass is 16.5. The van der Waals surface area contributed by atoms with Gasteiger partial charge in [-0.2, -0.15) is 0 Å². The minimum Gasteiger partial charge on any atom is -0.385 e. The van der Waals surface area contributed by atoms with Gasteiger partial charge in [0.15, 0.2) is 0 Å². The molecule has 0 saturated heterocycles.